The van der Waals surface area contributed by atoms with Gasteiger partial charge in [0.2, 0.25) is 0 Å². The summed E-state index contributed by atoms with van der Waals surface area (Å²) in [6, 6.07) is 0. The SMILES string of the molecule is O=C(O)C1(C2(O)CCNCC2)CCCCC1. The molecule has 4 heteroatoms. The summed E-state index contributed by atoms with van der Waals surface area (Å²) in [5.74, 6) is -0.795. The summed E-state index contributed by atoms with van der Waals surface area (Å²) < 4.78 is 0. The molecule has 0 amide bonds. The number of carboxylic acids is 1. The molecule has 1 heterocycles. The molecule has 0 aromatic carbocycles. The van der Waals surface area contributed by atoms with E-state index in [0.29, 0.717) is 25.7 Å². The Labute approximate surface area is 96.0 Å². The van der Waals surface area contributed by atoms with Gasteiger partial charge in [0.15, 0.2) is 0 Å². The van der Waals surface area contributed by atoms with Crippen LogP contribution in [0.1, 0.15) is 44.9 Å². The van der Waals surface area contributed by atoms with E-state index < -0.39 is 17.0 Å². The molecular formula is C12H21NO3. The number of nitrogens with one attached hydrogen (secondary N) is 1. The molecule has 1 aliphatic carbocycles. The quantitative estimate of drug-likeness (QED) is 0.661. The molecule has 1 saturated heterocycles. The zero-order chi connectivity index (χ0) is 11.6. The van der Waals surface area contributed by atoms with Crippen LogP contribution in [0, 0.1) is 5.41 Å². The summed E-state index contributed by atoms with van der Waals surface area (Å²) in [5.41, 5.74) is -1.88. The van der Waals surface area contributed by atoms with Gasteiger partial charge < -0.3 is 15.5 Å². The molecule has 2 aliphatic rings. The zero-order valence-electron chi connectivity index (χ0n) is 9.67. The van der Waals surface area contributed by atoms with Crippen molar-refractivity contribution in [3.8, 4) is 0 Å². The van der Waals surface area contributed by atoms with Gasteiger partial charge in [-0.25, -0.2) is 0 Å². The topological polar surface area (TPSA) is 69.6 Å². The fourth-order valence-corrected chi connectivity index (χ4v) is 3.35. The molecule has 2 fully saturated rings. The highest BCUT2D eigenvalue weighted by atomic mass is 16.4. The van der Waals surface area contributed by atoms with Crippen molar-refractivity contribution in [2.24, 2.45) is 5.41 Å². The Balaban J connectivity index is 2.26. The lowest BCUT2D eigenvalue weighted by Crippen LogP contribution is -2.58. The Hall–Kier alpha value is -0.610. The van der Waals surface area contributed by atoms with Gasteiger partial charge in [-0.3, -0.25) is 4.79 Å². The average Bonchev–Trinajstić information content (AvgIpc) is 2.30. The number of aliphatic carboxylic acids is 1. The van der Waals surface area contributed by atoms with Crippen LogP contribution in [0.2, 0.25) is 0 Å². The summed E-state index contributed by atoms with van der Waals surface area (Å²) >= 11 is 0. The van der Waals surface area contributed by atoms with Crippen molar-refractivity contribution in [3.63, 3.8) is 0 Å². The van der Waals surface area contributed by atoms with E-state index in [0.717, 1.165) is 32.4 Å². The average molecular weight is 227 g/mol. The molecule has 0 radical (unpaired) electrons. The van der Waals surface area contributed by atoms with E-state index in [4.69, 9.17) is 0 Å². The normalized spacial score (nSPS) is 28.6. The Morgan fingerprint density at radius 3 is 2.06 bits per heavy atom. The van der Waals surface area contributed by atoms with Gasteiger partial charge in [0.1, 0.15) is 0 Å². The van der Waals surface area contributed by atoms with Crippen molar-refractivity contribution in [2.75, 3.05) is 13.1 Å². The third kappa shape index (κ3) is 1.74. The molecular weight excluding hydrogens is 206 g/mol. The minimum Gasteiger partial charge on any atom is -0.481 e. The molecule has 0 bridgehead atoms. The summed E-state index contributed by atoms with van der Waals surface area (Å²) in [6.07, 6.45) is 5.38. The van der Waals surface area contributed by atoms with Crippen LogP contribution in [-0.2, 0) is 4.79 Å². The monoisotopic (exact) mass is 227 g/mol. The van der Waals surface area contributed by atoms with Gasteiger partial charge >= 0.3 is 5.97 Å². The smallest absolute Gasteiger partial charge is 0.312 e. The number of rotatable bonds is 2. The number of carboxylic acid groups (broad SMARTS) is 1. The largest absolute Gasteiger partial charge is 0.481 e. The maximum atomic E-state index is 11.6. The Morgan fingerprint density at radius 2 is 1.56 bits per heavy atom. The maximum absolute atomic E-state index is 11.6. The molecule has 0 aromatic rings. The standard InChI is InChI=1S/C12H21NO3/c14-10(15)11(4-2-1-3-5-11)12(16)6-8-13-9-7-12/h13,16H,1-9H2,(H,14,15). The van der Waals surface area contributed by atoms with Crippen LogP contribution < -0.4 is 5.32 Å². The summed E-state index contributed by atoms with van der Waals surface area (Å²) in [6.45, 7) is 1.46. The molecule has 1 aliphatic heterocycles. The van der Waals surface area contributed by atoms with Crippen LogP contribution in [0.25, 0.3) is 0 Å². The second kappa shape index (κ2) is 4.34. The van der Waals surface area contributed by atoms with Gasteiger partial charge in [-0.1, -0.05) is 19.3 Å². The molecule has 1 saturated carbocycles. The van der Waals surface area contributed by atoms with Crippen molar-refractivity contribution in [1.29, 1.82) is 0 Å². The lowest BCUT2D eigenvalue weighted by Gasteiger charge is -2.48. The number of aliphatic hydroxyl groups is 1. The summed E-state index contributed by atoms with van der Waals surface area (Å²) in [7, 11) is 0. The molecule has 0 aromatic heterocycles. The molecule has 2 rings (SSSR count). The van der Waals surface area contributed by atoms with E-state index in [-0.39, 0.29) is 0 Å². The third-order valence-corrected chi connectivity index (χ3v) is 4.44. The second-order valence-corrected chi connectivity index (χ2v) is 5.23. The van der Waals surface area contributed by atoms with Gasteiger partial charge in [0.05, 0.1) is 11.0 Å². The first-order valence-electron chi connectivity index (χ1n) is 6.27. The molecule has 0 atom stereocenters. The van der Waals surface area contributed by atoms with Crippen molar-refractivity contribution >= 4 is 5.97 Å². The highest BCUT2D eigenvalue weighted by molar-refractivity contribution is 5.76. The van der Waals surface area contributed by atoms with Crippen molar-refractivity contribution in [3.05, 3.63) is 0 Å². The lowest BCUT2D eigenvalue weighted by atomic mass is 9.60. The second-order valence-electron chi connectivity index (χ2n) is 5.23. The Morgan fingerprint density at radius 1 is 1.00 bits per heavy atom. The van der Waals surface area contributed by atoms with E-state index in [2.05, 4.69) is 5.32 Å². The zero-order valence-corrected chi connectivity index (χ0v) is 9.67. The minimum absolute atomic E-state index is 0.569. The minimum atomic E-state index is -0.996. The molecule has 4 nitrogen and oxygen atoms in total. The first-order chi connectivity index (χ1) is 7.61. The predicted molar refractivity (Wildman–Crippen MR) is 60.2 cm³/mol. The van der Waals surface area contributed by atoms with Crippen LogP contribution in [0.5, 0.6) is 0 Å². The highest BCUT2D eigenvalue weighted by Crippen LogP contribution is 2.48. The van der Waals surface area contributed by atoms with Crippen molar-refractivity contribution < 1.29 is 15.0 Å². The summed E-state index contributed by atoms with van der Waals surface area (Å²) in [5, 5.41) is 23.4. The number of hydrogen-bond donors (Lipinski definition) is 3. The van der Waals surface area contributed by atoms with Crippen LogP contribution >= 0.6 is 0 Å². The van der Waals surface area contributed by atoms with Gasteiger partial charge in [0.25, 0.3) is 0 Å². The lowest BCUT2D eigenvalue weighted by molar-refractivity contribution is -0.180. The Bertz CT molecular complexity index is 265. The Kier molecular flexibility index (Phi) is 3.22. The fourth-order valence-electron chi connectivity index (χ4n) is 3.35. The van der Waals surface area contributed by atoms with E-state index in [1.165, 1.54) is 0 Å². The molecule has 3 N–H and O–H groups in total. The van der Waals surface area contributed by atoms with Gasteiger partial charge in [-0.05, 0) is 38.8 Å². The van der Waals surface area contributed by atoms with E-state index >= 15 is 0 Å². The van der Waals surface area contributed by atoms with Gasteiger partial charge in [0, 0.05) is 0 Å². The highest BCUT2D eigenvalue weighted by Gasteiger charge is 2.55. The summed E-state index contributed by atoms with van der Waals surface area (Å²) in [4.78, 5) is 11.6. The van der Waals surface area contributed by atoms with Crippen molar-refractivity contribution in [2.45, 2.75) is 50.5 Å². The van der Waals surface area contributed by atoms with Crippen LogP contribution in [0.3, 0.4) is 0 Å². The van der Waals surface area contributed by atoms with Crippen LogP contribution in [0.15, 0.2) is 0 Å². The van der Waals surface area contributed by atoms with Crippen molar-refractivity contribution in [1.82, 2.24) is 5.32 Å². The number of hydrogen-bond acceptors (Lipinski definition) is 3. The van der Waals surface area contributed by atoms with E-state index in [9.17, 15) is 15.0 Å². The molecule has 0 spiro atoms. The molecule has 0 unspecified atom stereocenters. The van der Waals surface area contributed by atoms with E-state index in [1.807, 2.05) is 0 Å². The molecule has 92 valence electrons. The van der Waals surface area contributed by atoms with Gasteiger partial charge in [-0.2, -0.15) is 0 Å². The third-order valence-electron chi connectivity index (χ3n) is 4.44. The number of piperidine rings is 1. The van der Waals surface area contributed by atoms with Gasteiger partial charge in [-0.15, -0.1) is 0 Å². The molecule has 16 heavy (non-hydrogen) atoms. The fraction of sp³-hybridized carbons (Fsp3) is 0.917. The maximum Gasteiger partial charge on any atom is 0.312 e. The predicted octanol–water partition coefficient (Wildman–Crippen LogP) is 1.14. The number of carbonyl (C=O) groups is 1. The van der Waals surface area contributed by atoms with Crippen LogP contribution in [0.4, 0.5) is 0 Å². The first-order valence-corrected chi connectivity index (χ1v) is 6.27. The van der Waals surface area contributed by atoms with Crippen LogP contribution in [-0.4, -0.2) is 34.9 Å². The first kappa shape index (κ1) is 11.9. The van der Waals surface area contributed by atoms with E-state index in [1.54, 1.807) is 0 Å².